The fourth-order valence-electron chi connectivity index (χ4n) is 2.72. The molecule has 0 aliphatic rings. The van der Waals surface area contributed by atoms with Gasteiger partial charge >= 0.3 is 0 Å². The molecule has 0 unspecified atom stereocenters. The minimum atomic E-state index is -0.124. The Hall–Kier alpha value is -2.49. The van der Waals surface area contributed by atoms with Crippen LogP contribution in [0.25, 0.3) is 0 Å². The van der Waals surface area contributed by atoms with Crippen molar-refractivity contribution >= 4 is 17.3 Å². The zero-order chi connectivity index (χ0) is 18.2. The highest BCUT2D eigenvalue weighted by Crippen LogP contribution is 2.23. The Labute approximate surface area is 150 Å². The fourth-order valence-corrected chi connectivity index (χ4v) is 2.72. The molecule has 2 aromatic rings. The van der Waals surface area contributed by atoms with Gasteiger partial charge in [0.25, 0.3) is 5.91 Å². The molecule has 134 valence electrons. The Morgan fingerprint density at radius 1 is 1.08 bits per heavy atom. The molecule has 0 spiro atoms. The van der Waals surface area contributed by atoms with E-state index < -0.39 is 0 Å². The molecule has 0 saturated carbocycles. The van der Waals surface area contributed by atoms with E-state index in [4.69, 9.17) is 4.74 Å². The Bertz CT molecular complexity index is 709. The maximum Gasteiger partial charge on any atom is 0.255 e. The Morgan fingerprint density at radius 3 is 2.48 bits per heavy atom. The van der Waals surface area contributed by atoms with E-state index in [2.05, 4.69) is 43.1 Å². The first-order chi connectivity index (χ1) is 12.1. The fraction of sp³-hybridized carbons (Fsp3) is 0.381. The summed E-state index contributed by atoms with van der Waals surface area (Å²) in [5, 5.41) is 3.00. The van der Waals surface area contributed by atoms with Gasteiger partial charge in [-0.2, -0.15) is 0 Å². The predicted octanol–water partition coefficient (Wildman–Crippen LogP) is 4.88. The molecule has 0 saturated heterocycles. The van der Waals surface area contributed by atoms with Crippen LogP contribution in [0.15, 0.2) is 42.5 Å². The van der Waals surface area contributed by atoms with Gasteiger partial charge in [-0.25, -0.2) is 0 Å². The van der Waals surface area contributed by atoms with Crippen LogP contribution < -0.4 is 15.0 Å². The number of hydrogen-bond acceptors (Lipinski definition) is 3. The van der Waals surface area contributed by atoms with Crippen molar-refractivity contribution in [2.24, 2.45) is 0 Å². The Kier molecular flexibility index (Phi) is 6.87. The first-order valence-electron chi connectivity index (χ1n) is 8.98. The predicted molar refractivity (Wildman–Crippen MR) is 105 cm³/mol. The van der Waals surface area contributed by atoms with E-state index in [1.807, 2.05) is 25.1 Å². The average Bonchev–Trinajstić information content (AvgIpc) is 2.63. The van der Waals surface area contributed by atoms with Crippen LogP contribution in [0.1, 0.15) is 43.1 Å². The number of ether oxygens (including phenoxy) is 1. The molecule has 0 bridgehead atoms. The molecule has 25 heavy (non-hydrogen) atoms. The van der Waals surface area contributed by atoms with E-state index in [9.17, 15) is 4.79 Å². The first-order valence-corrected chi connectivity index (χ1v) is 8.98. The highest BCUT2D eigenvalue weighted by Gasteiger charge is 2.10. The Morgan fingerprint density at radius 2 is 1.84 bits per heavy atom. The molecule has 2 rings (SSSR count). The van der Waals surface area contributed by atoms with Crippen LogP contribution in [0.4, 0.5) is 11.4 Å². The number of benzene rings is 2. The maximum absolute atomic E-state index is 12.5. The summed E-state index contributed by atoms with van der Waals surface area (Å²) in [7, 11) is 0. The third-order valence-electron chi connectivity index (χ3n) is 4.16. The van der Waals surface area contributed by atoms with Gasteiger partial charge in [0, 0.05) is 30.0 Å². The van der Waals surface area contributed by atoms with E-state index in [1.54, 1.807) is 12.1 Å². The monoisotopic (exact) mass is 340 g/mol. The van der Waals surface area contributed by atoms with Crippen molar-refractivity contribution in [3.05, 3.63) is 53.6 Å². The summed E-state index contributed by atoms with van der Waals surface area (Å²) in [4.78, 5) is 14.8. The summed E-state index contributed by atoms with van der Waals surface area (Å²) in [6.07, 6.45) is 0.939. The molecule has 0 fully saturated rings. The number of carbonyl (C=O) groups excluding carboxylic acids is 1. The highest BCUT2D eigenvalue weighted by molar-refractivity contribution is 6.05. The van der Waals surface area contributed by atoms with Gasteiger partial charge in [-0.3, -0.25) is 4.79 Å². The third-order valence-corrected chi connectivity index (χ3v) is 4.16. The summed E-state index contributed by atoms with van der Waals surface area (Å²) in [6, 6.07) is 13.4. The zero-order valence-corrected chi connectivity index (χ0v) is 15.6. The number of nitrogens with one attached hydrogen (secondary N) is 1. The standard InChI is InChI=1S/C21H28N2O2/c1-5-13-25-19-10-8-9-17(15-19)21(24)22-20-12-11-18(14-16(20)4)23(6-2)7-3/h8-12,14-15H,5-7,13H2,1-4H3,(H,22,24). The molecule has 0 aliphatic carbocycles. The second kappa shape index (κ2) is 9.11. The van der Waals surface area contributed by atoms with Gasteiger partial charge in [0.15, 0.2) is 0 Å². The van der Waals surface area contributed by atoms with E-state index in [-0.39, 0.29) is 5.91 Å². The van der Waals surface area contributed by atoms with Gasteiger partial charge < -0.3 is 15.0 Å². The summed E-state index contributed by atoms with van der Waals surface area (Å²) >= 11 is 0. The minimum Gasteiger partial charge on any atom is -0.494 e. The Balaban J connectivity index is 2.12. The smallest absolute Gasteiger partial charge is 0.255 e. The third kappa shape index (κ3) is 4.99. The van der Waals surface area contributed by atoms with E-state index >= 15 is 0 Å². The van der Waals surface area contributed by atoms with E-state index in [1.165, 1.54) is 5.69 Å². The number of hydrogen-bond donors (Lipinski definition) is 1. The van der Waals surface area contributed by atoms with Gasteiger partial charge in [-0.05, 0) is 69.2 Å². The molecule has 4 heteroatoms. The molecule has 1 N–H and O–H groups in total. The van der Waals surface area contributed by atoms with Crippen molar-refractivity contribution in [3.8, 4) is 5.75 Å². The lowest BCUT2D eigenvalue weighted by molar-refractivity contribution is 0.102. The van der Waals surface area contributed by atoms with Crippen LogP contribution in [-0.2, 0) is 0 Å². The van der Waals surface area contributed by atoms with Crippen LogP contribution in [0.3, 0.4) is 0 Å². The molecule has 0 aromatic heterocycles. The van der Waals surface area contributed by atoms with Crippen molar-refractivity contribution < 1.29 is 9.53 Å². The number of aryl methyl sites for hydroxylation is 1. The second-order valence-corrected chi connectivity index (χ2v) is 6.00. The van der Waals surface area contributed by atoms with Gasteiger partial charge in [0.2, 0.25) is 0 Å². The molecule has 2 aromatic carbocycles. The SMILES string of the molecule is CCCOc1cccc(C(=O)Nc2ccc(N(CC)CC)cc2C)c1. The highest BCUT2D eigenvalue weighted by atomic mass is 16.5. The number of rotatable bonds is 8. The number of carbonyl (C=O) groups is 1. The largest absolute Gasteiger partial charge is 0.494 e. The molecule has 0 radical (unpaired) electrons. The minimum absolute atomic E-state index is 0.124. The van der Waals surface area contributed by atoms with E-state index in [0.717, 1.165) is 36.5 Å². The summed E-state index contributed by atoms with van der Waals surface area (Å²) in [6.45, 7) is 10.9. The number of amides is 1. The summed E-state index contributed by atoms with van der Waals surface area (Å²) in [5.74, 6) is 0.601. The van der Waals surface area contributed by atoms with Crippen LogP contribution >= 0.6 is 0 Å². The van der Waals surface area contributed by atoms with E-state index in [0.29, 0.717) is 12.2 Å². The van der Waals surface area contributed by atoms with Crippen LogP contribution in [0.2, 0.25) is 0 Å². The molecule has 0 heterocycles. The van der Waals surface area contributed by atoms with Crippen molar-refractivity contribution in [2.45, 2.75) is 34.1 Å². The number of nitrogens with zero attached hydrogens (tertiary/aromatic N) is 1. The zero-order valence-electron chi connectivity index (χ0n) is 15.6. The molecule has 1 amide bonds. The van der Waals surface area contributed by atoms with Crippen molar-refractivity contribution in [3.63, 3.8) is 0 Å². The van der Waals surface area contributed by atoms with Gasteiger partial charge in [0.1, 0.15) is 5.75 Å². The first kappa shape index (κ1) is 18.8. The molecular formula is C21H28N2O2. The van der Waals surface area contributed by atoms with Crippen molar-refractivity contribution in [1.29, 1.82) is 0 Å². The van der Waals surface area contributed by atoms with Gasteiger partial charge in [0.05, 0.1) is 6.61 Å². The maximum atomic E-state index is 12.5. The lowest BCUT2D eigenvalue weighted by Crippen LogP contribution is -2.22. The lowest BCUT2D eigenvalue weighted by atomic mass is 10.1. The molecule has 4 nitrogen and oxygen atoms in total. The van der Waals surface area contributed by atoms with Crippen molar-refractivity contribution in [2.75, 3.05) is 29.9 Å². The van der Waals surface area contributed by atoms with Crippen LogP contribution in [-0.4, -0.2) is 25.6 Å². The average molecular weight is 340 g/mol. The van der Waals surface area contributed by atoms with Gasteiger partial charge in [-0.15, -0.1) is 0 Å². The number of anilines is 2. The molecular weight excluding hydrogens is 312 g/mol. The normalized spacial score (nSPS) is 10.4. The lowest BCUT2D eigenvalue weighted by Gasteiger charge is -2.22. The quantitative estimate of drug-likeness (QED) is 0.744. The van der Waals surface area contributed by atoms with Crippen LogP contribution in [0.5, 0.6) is 5.75 Å². The topological polar surface area (TPSA) is 41.6 Å². The molecule has 0 aliphatic heterocycles. The summed E-state index contributed by atoms with van der Waals surface area (Å²) in [5.41, 5.74) is 3.66. The second-order valence-electron chi connectivity index (χ2n) is 6.00. The van der Waals surface area contributed by atoms with Gasteiger partial charge in [-0.1, -0.05) is 13.0 Å². The van der Waals surface area contributed by atoms with Crippen molar-refractivity contribution in [1.82, 2.24) is 0 Å². The summed E-state index contributed by atoms with van der Waals surface area (Å²) < 4.78 is 5.60. The van der Waals surface area contributed by atoms with Crippen LogP contribution in [0, 0.1) is 6.92 Å². The molecule has 0 atom stereocenters.